The van der Waals surface area contributed by atoms with E-state index in [1.54, 1.807) is 20.9 Å². The second-order valence-corrected chi connectivity index (χ2v) is 7.65. The van der Waals surface area contributed by atoms with Crippen molar-refractivity contribution in [1.29, 1.82) is 0 Å². The van der Waals surface area contributed by atoms with Crippen molar-refractivity contribution in [3.05, 3.63) is 16.4 Å². The highest BCUT2D eigenvalue weighted by Crippen LogP contribution is 2.23. The van der Waals surface area contributed by atoms with E-state index in [0.29, 0.717) is 17.1 Å². The molecular weight excluding hydrogens is 274 g/mol. The van der Waals surface area contributed by atoms with Crippen LogP contribution in [-0.4, -0.2) is 29.5 Å². The molecule has 0 saturated carbocycles. The number of hydrogen-bond donors (Lipinski definition) is 1. The lowest BCUT2D eigenvalue weighted by atomic mass is 10.1. The van der Waals surface area contributed by atoms with Crippen molar-refractivity contribution in [2.45, 2.75) is 38.5 Å². The molecule has 104 valence electrons. The summed E-state index contributed by atoms with van der Waals surface area (Å²) >= 11 is 6.13. The molecule has 0 bridgehead atoms. The summed E-state index contributed by atoms with van der Waals surface area (Å²) in [6, 6.07) is 0. The third-order valence-corrected chi connectivity index (χ3v) is 4.78. The highest BCUT2D eigenvalue weighted by Gasteiger charge is 2.25. The summed E-state index contributed by atoms with van der Waals surface area (Å²) in [5.41, 5.74) is 6.24. The lowest BCUT2D eigenvalue weighted by molar-refractivity contribution is 0.542. The number of sulfone groups is 1. The van der Waals surface area contributed by atoms with E-state index in [0.717, 1.165) is 5.69 Å². The van der Waals surface area contributed by atoms with Crippen molar-refractivity contribution >= 4 is 21.4 Å². The lowest BCUT2D eigenvalue weighted by Gasteiger charge is -2.18. The zero-order valence-corrected chi connectivity index (χ0v) is 12.8. The Morgan fingerprint density at radius 1 is 1.44 bits per heavy atom. The molecule has 0 aliphatic heterocycles. The first kappa shape index (κ1) is 15.5. The van der Waals surface area contributed by atoms with Gasteiger partial charge < -0.3 is 5.73 Å². The fourth-order valence-electron chi connectivity index (χ4n) is 1.80. The van der Waals surface area contributed by atoms with E-state index in [1.165, 1.54) is 4.68 Å². The molecular formula is C11H20ClN3O2S. The van der Waals surface area contributed by atoms with E-state index >= 15 is 0 Å². The van der Waals surface area contributed by atoms with Crippen LogP contribution >= 0.6 is 11.6 Å². The zero-order chi connectivity index (χ0) is 14.1. The van der Waals surface area contributed by atoms with E-state index in [9.17, 15) is 8.42 Å². The summed E-state index contributed by atoms with van der Waals surface area (Å²) in [6.45, 7) is 5.30. The Balaban J connectivity index is 3.02. The van der Waals surface area contributed by atoms with Crippen molar-refractivity contribution in [2.24, 2.45) is 12.8 Å². The molecule has 1 aromatic heterocycles. The lowest BCUT2D eigenvalue weighted by Crippen LogP contribution is -2.40. The van der Waals surface area contributed by atoms with E-state index in [4.69, 9.17) is 17.3 Å². The van der Waals surface area contributed by atoms with Gasteiger partial charge in [-0.15, -0.1) is 0 Å². The summed E-state index contributed by atoms with van der Waals surface area (Å²) in [6.07, 6.45) is 0.676. The van der Waals surface area contributed by atoms with Crippen LogP contribution < -0.4 is 5.73 Å². The molecule has 0 radical (unpaired) electrons. The third-order valence-electron chi connectivity index (χ3n) is 2.45. The zero-order valence-electron chi connectivity index (χ0n) is 11.2. The molecule has 7 heteroatoms. The number of nitrogens with two attached hydrogens (primary N) is 1. The number of hydrogen-bond acceptors (Lipinski definition) is 4. The van der Waals surface area contributed by atoms with Crippen LogP contribution in [0.2, 0.25) is 5.02 Å². The van der Waals surface area contributed by atoms with Gasteiger partial charge in [0.1, 0.15) is 0 Å². The van der Waals surface area contributed by atoms with Gasteiger partial charge in [0.2, 0.25) is 0 Å². The maximum atomic E-state index is 12.0. The predicted molar refractivity (Wildman–Crippen MR) is 73.4 cm³/mol. The van der Waals surface area contributed by atoms with Crippen LogP contribution in [-0.2, 0) is 29.1 Å². The molecule has 0 aromatic carbocycles. The van der Waals surface area contributed by atoms with E-state index < -0.39 is 15.4 Å². The van der Waals surface area contributed by atoms with Gasteiger partial charge in [-0.2, -0.15) is 5.10 Å². The first-order valence-electron chi connectivity index (χ1n) is 5.75. The Kier molecular flexibility index (Phi) is 4.46. The Labute approximate surface area is 113 Å². The molecule has 0 saturated heterocycles. The van der Waals surface area contributed by atoms with Crippen molar-refractivity contribution < 1.29 is 8.42 Å². The molecule has 0 atom stereocenters. The molecule has 0 spiro atoms. The van der Waals surface area contributed by atoms with Crippen LogP contribution in [0.1, 0.15) is 32.2 Å². The minimum absolute atomic E-state index is 0.0804. The number of rotatable bonds is 5. The minimum Gasteiger partial charge on any atom is -0.325 e. The molecule has 1 aromatic rings. The summed E-state index contributed by atoms with van der Waals surface area (Å²) < 4.78 is 25.6. The monoisotopic (exact) mass is 293 g/mol. The van der Waals surface area contributed by atoms with Crippen LogP contribution in [0, 0.1) is 0 Å². The number of halogens is 1. The van der Waals surface area contributed by atoms with Crippen LogP contribution in [0.4, 0.5) is 0 Å². The van der Waals surface area contributed by atoms with Crippen molar-refractivity contribution in [1.82, 2.24) is 9.78 Å². The second-order valence-electron chi connectivity index (χ2n) is 5.21. The number of aromatic nitrogens is 2. The first-order chi connectivity index (χ1) is 8.06. The molecule has 0 fully saturated rings. The summed E-state index contributed by atoms with van der Waals surface area (Å²) in [4.78, 5) is 0. The van der Waals surface area contributed by atoms with Gasteiger partial charge in [0, 0.05) is 12.6 Å². The Morgan fingerprint density at radius 3 is 2.39 bits per heavy atom. The van der Waals surface area contributed by atoms with E-state index in [-0.39, 0.29) is 11.5 Å². The molecule has 0 amide bonds. The SMILES string of the molecule is CCc1nn(C)c(CS(=O)(=O)CC(C)(C)N)c1Cl. The maximum Gasteiger partial charge on any atom is 0.157 e. The van der Waals surface area contributed by atoms with Crippen LogP contribution in [0.5, 0.6) is 0 Å². The third kappa shape index (κ3) is 3.96. The average molecular weight is 294 g/mol. The molecule has 18 heavy (non-hydrogen) atoms. The van der Waals surface area contributed by atoms with Gasteiger partial charge in [-0.3, -0.25) is 4.68 Å². The molecule has 2 N–H and O–H groups in total. The predicted octanol–water partition coefficient (Wildman–Crippen LogP) is 1.29. The number of nitrogens with zero attached hydrogens (tertiary/aromatic N) is 2. The minimum atomic E-state index is -3.30. The Morgan fingerprint density at radius 2 is 2.00 bits per heavy atom. The van der Waals surface area contributed by atoms with Gasteiger partial charge in [0.05, 0.1) is 27.9 Å². The summed E-state index contributed by atoms with van der Waals surface area (Å²) in [5.74, 6) is -0.209. The smallest absolute Gasteiger partial charge is 0.157 e. The summed E-state index contributed by atoms with van der Waals surface area (Å²) in [7, 11) is -1.60. The van der Waals surface area contributed by atoms with Gasteiger partial charge in [-0.05, 0) is 20.3 Å². The highest BCUT2D eigenvalue weighted by atomic mass is 35.5. The van der Waals surface area contributed by atoms with Gasteiger partial charge in [0.25, 0.3) is 0 Å². The standard InChI is InChI=1S/C11H20ClN3O2S/c1-5-8-10(12)9(15(4)14-8)6-18(16,17)7-11(2,3)13/h5-7,13H2,1-4H3. The van der Waals surface area contributed by atoms with Crippen LogP contribution in [0.25, 0.3) is 0 Å². The van der Waals surface area contributed by atoms with E-state index in [1.807, 2.05) is 6.92 Å². The van der Waals surface area contributed by atoms with Crippen molar-refractivity contribution in [3.8, 4) is 0 Å². The summed E-state index contributed by atoms with van der Waals surface area (Å²) in [5, 5.41) is 4.64. The molecule has 5 nitrogen and oxygen atoms in total. The molecule has 1 heterocycles. The van der Waals surface area contributed by atoms with Crippen LogP contribution in [0.3, 0.4) is 0 Å². The second kappa shape index (κ2) is 5.19. The van der Waals surface area contributed by atoms with Gasteiger partial charge >= 0.3 is 0 Å². The molecule has 0 aliphatic rings. The fourth-order valence-corrected chi connectivity index (χ4v) is 4.23. The largest absolute Gasteiger partial charge is 0.325 e. The van der Waals surface area contributed by atoms with Gasteiger partial charge in [-0.25, -0.2) is 8.42 Å². The normalized spacial score (nSPS) is 13.0. The highest BCUT2D eigenvalue weighted by molar-refractivity contribution is 7.90. The van der Waals surface area contributed by atoms with E-state index in [2.05, 4.69) is 5.10 Å². The van der Waals surface area contributed by atoms with Crippen molar-refractivity contribution in [2.75, 3.05) is 5.75 Å². The number of aryl methyl sites for hydroxylation is 2. The van der Waals surface area contributed by atoms with Gasteiger partial charge in [-0.1, -0.05) is 18.5 Å². The molecule has 0 unspecified atom stereocenters. The first-order valence-corrected chi connectivity index (χ1v) is 7.95. The quantitative estimate of drug-likeness (QED) is 0.887. The maximum absolute atomic E-state index is 12.0. The Bertz CT molecular complexity index is 529. The van der Waals surface area contributed by atoms with Crippen LogP contribution in [0.15, 0.2) is 0 Å². The topological polar surface area (TPSA) is 78.0 Å². The molecule has 0 aliphatic carbocycles. The molecule has 1 rings (SSSR count). The van der Waals surface area contributed by atoms with Crippen molar-refractivity contribution in [3.63, 3.8) is 0 Å². The fraction of sp³-hybridized carbons (Fsp3) is 0.727. The van der Waals surface area contributed by atoms with Gasteiger partial charge in [0.15, 0.2) is 9.84 Å². The average Bonchev–Trinajstić information content (AvgIpc) is 2.41. The Hall–Kier alpha value is -0.590.